The zero-order valence-corrected chi connectivity index (χ0v) is 12.8. The van der Waals surface area contributed by atoms with Crippen LogP contribution in [-0.2, 0) is 0 Å². The van der Waals surface area contributed by atoms with Crippen LogP contribution in [0.1, 0.15) is 52.4 Å². The number of hydrogen-bond donors (Lipinski definition) is 1. The van der Waals surface area contributed by atoms with Gasteiger partial charge in [-0.1, -0.05) is 19.8 Å². The topological polar surface area (TPSA) is 18.5 Å². The van der Waals surface area contributed by atoms with E-state index in [1.165, 1.54) is 64.7 Å². The number of piperazine rings is 1. The summed E-state index contributed by atoms with van der Waals surface area (Å²) in [6.07, 6.45) is 8.38. The minimum atomic E-state index is 0.722. The Morgan fingerprint density at radius 2 is 2.00 bits per heavy atom. The number of piperidine rings is 1. The minimum Gasteiger partial charge on any atom is -0.311 e. The molecule has 0 spiro atoms. The molecule has 0 aromatic heterocycles. The third-order valence-corrected chi connectivity index (χ3v) is 5.58. The molecule has 3 heteroatoms. The van der Waals surface area contributed by atoms with Crippen LogP contribution in [0.25, 0.3) is 0 Å². The first-order valence-corrected chi connectivity index (χ1v) is 8.52. The standard InChI is InChI=1S/C16H31N3/c1-3-6-14-12-19(13(2)11-17-14)16-8-10-18-9-5-4-7-15(16)18/h13-17H,3-12H2,1-2H3. The second kappa shape index (κ2) is 6.11. The van der Waals surface area contributed by atoms with Gasteiger partial charge < -0.3 is 5.32 Å². The summed E-state index contributed by atoms with van der Waals surface area (Å²) in [6, 6.07) is 3.17. The van der Waals surface area contributed by atoms with Gasteiger partial charge in [0, 0.05) is 43.8 Å². The molecule has 3 nitrogen and oxygen atoms in total. The third-order valence-electron chi connectivity index (χ3n) is 5.58. The van der Waals surface area contributed by atoms with Crippen molar-refractivity contribution in [2.75, 3.05) is 26.2 Å². The summed E-state index contributed by atoms with van der Waals surface area (Å²) >= 11 is 0. The van der Waals surface area contributed by atoms with Crippen molar-refractivity contribution in [3.63, 3.8) is 0 Å². The van der Waals surface area contributed by atoms with E-state index in [-0.39, 0.29) is 0 Å². The van der Waals surface area contributed by atoms with Crippen molar-refractivity contribution < 1.29 is 0 Å². The van der Waals surface area contributed by atoms with Gasteiger partial charge in [-0.15, -0.1) is 0 Å². The lowest BCUT2D eigenvalue weighted by atomic mass is 9.94. The van der Waals surface area contributed by atoms with Crippen LogP contribution in [0.15, 0.2) is 0 Å². The quantitative estimate of drug-likeness (QED) is 0.843. The molecule has 0 aromatic rings. The Balaban J connectivity index is 1.65. The molecule has 0 saturated carbocycles. The minimum absolute atomic E-state index is 0.722. The molecule has 19 heavy (non-hydrogen) atoms. The zero-order chi connectivity index (χ0) is 13.2. The lowest BCUT2D eigenvalue weighted by Crippen LogP contribution is -2.60. The van der Waals surface area contributed by atoms with E-state index in [1.807, 2.05) is 0 Å². The molecular formula is C16H31N3. The molecule has 0 bridgehead atoms. The zero-order valence-electron chi connectivity index (χ0n) is 12.8. The third kappa shape index (κ3) is 2.84. The van der Waals surface area contributed by atoms with Crippen LogP contribution in [0.5, 0.6) is 0 Å². The van der Waals surface area contributed by atoms with Crippen LogP contribution in [0.2, 0.25) is 0 Å². The van der Waals surface area contributed by atoms with Crippen molar-refractivity contribution in [3.8, 4) is 0 Å². The number of nitrogens with zero attached hydrogens (tertiary/aromatic N) is 2. The Morgan fingerprint density at radius 1 is 1.11 bits per heavy atom. The lowest BCUT2D eigenvalue weighted by molar-refractivity contribution is 0.0542. The Morgan fingerprint density at radius 3 is 2.84 bits per heavy atom. The van der Waals surface area contributed by atoms with Crippen molar-refractivity contribution in [3.05, 3.63) is 0 Å². The van der Waals surface area contributed by atoms with Gasteiger partial charge in [-0.25, -0.2) is 0 Å². The fourth-order valence-electron chi connectivity index (χ4n) is 4.56. The summed E-state index contributed by atoms with van der Waals surface area (Å²) in [4.78, 5) is 5.63. The molecule has 3 heterocycles. The fourth-order valence-corrected chi connectivity index (χ4v) is 4.56. The molecule has 4 atom stereocenters. The van der Waals surface area contributed by atoms with Crippen LogP contribution >= 0.6 is 0 Å². The Bertz CT molecular complexity index is 294. The molecular weight excluding hydrogens is 234 g/mol. The number of rotatable bonds is 3. The van der Waals surface area contributed by atoms with E-state index in [2.05, 4.69) is 29.0 Å². The summed E-state index contributed by atoms with van der Waals surface area (Å²) < 4.78 is 0. The Hall–Kier alpha value is -0.120. The summed E-state index contributed by atoms with van der Waals surface area (Å²) in [5.74, 6) is 0. The molecule has 3 aliphatic heterocycles. The van der Waals surface area contributed by atoms with Gasteiger partial charge in [0.2, 0.25) is 0 Å². The molecule has 0 amide bonds. The Labute approximate surface area is 118 Å². The van der Waals surface area contributed by atoms with Gasteiger partial charge in [0.15, 0.2) is 0 Å². The first kappa shape index (κ1) is 13.8. The molecule has 0 aromatic carbocycles. The number of hydrogen-bond acceptors (Lipinski definition) is 3. The second-order valence-electron chi connectivity index (χ2n) is 6.89. The molecule has 3 rings (SSSR count). The molecule has 4 unspecified atom stereocenters. The van der Waals surface area contributed by atoms with Crippen molar-refractivity contribution in [1.82, 2.24) is 15.1 Å². The monoisotopic (exact) mass is 265 g/mol. The van der Waals surface area contributed by atoms with Crippen molar-refractivity contribution >= 4 is 0 Å². The van der Waals surface area contributed by atoms with E-state index in [0.717, 1.165) is 24.2 Å². The SMILES string of the molecule is CCCC1CN(C2CCN3CCCCC23)C(C)CN1. The molecule has 3 fully saturated rings. The summed E-state index contributed by atoms with van der Waals surface area (Å²) in [5, 5.41) is 3.74. The van der Waals surface area contributed by atoms with Crippen LogP contribution in [0, 0.1) is 0 Å². The van der Waals surface area contributed by atoms with Gasteiger partial charge in [0.25, 0.3) is 0 Å². The van der Waals surface area contributed by atoms with E-state index in [0.29, 0.717) is 0 Å². The second-order valence-corrected chi connectivity index (χ2v) is 6.89. The first-order valence-electron chi connectivity index (χ1n) is 8.52. The van der Waals surface area contributed by atoms with Crippen LogP contribution in [0.4, 0.5) is 0 Å². The fraction of sp³-hybridized carbons (Fsp3) is 1.00. The van der Waals surface area contributed by atoms with E-state index in [4.69, 9.17) is 0 Å². The van der Waals surface area contributed by atoms with Crippen LogP contribution in [-0.4, -0.2) is 60.1 Å². The van der Waals surface area contributed by atoms with Gasteiger partial charge in [-0.2, -0.15) is 0 Å². The van der Waals surface area contributed by atoms with Gasteiger partial charge in [0.05, 0.1) is 0 Å². The highest BCUT2D eigenvalue weighted by Crippen LogP contribution is 2.32. The number of nitrogens with one attached hydrogen (secondary N) is 1. The van der Waals surface area contributed by atoms with Gasteiger partial charge in [0.1, 0.15) is 0 Å². The molecule has 1 N–H and O–H groups in total. The summed E-state index contributed by atoms with van der Waals surface area (Å²) in [7, 11) is 0. The molecule has 3 saturated heterocycles. The smallest absolute Gasteiger partial charge is 0.0267 e. The average molecular weight is 265 g/mol. The van der Waals surface area contributed by atoms with E-state index in [9.17, 15) is 0 Å². The van der Waals surface area contributed by atoms with Crippen molar-refractivity contribution in [2.45, 2.75) is 76.5 Å². The average Bonchev–Trinajstić information content (AvgIpc) is 2.85. The molecule has 3 aliphatic rings. The largest absolute Gasteiger partial charge is 0.311 e. The maximum Gasteiger partial charge on any atom is 0.0267 e. The highest BCUT2D eigenvalue weighted by molar-refractivity contribution is 4.99. The van der Waals surface area contributed by atoms with Crippen molar-refractivity contribution in [2.24, 2.45) is 0 Å². The lowest BCUT2D eigenvalue weighted by Gasteiger charge is -2.45. The normalized spacial score (nSPS) is 41.4. The van der Waals surface area contributed by atoms with Gasteiger partial charge >= 0.3 is 0 Å². The predicted molar refractivity (Wildman–Crippen MR) is 80.5 cm³/mol. The van der Waals surface area contributed by atoms with Crippen molar-refractivity contribution in [1.29, 1.82) is 0 Å². The first-order chi connectivity index (χ1) is 9.29. The summed E-state index contributed by atoms with van der Waals surface area (Å²) in [5.41, 5.74) is 0. The van der Waals surface area contributed by atoms with Gasteiger partial charge in [-0.05, 0) is 39.2 Å². The predicted octanol–water partition coefficient (Wildman–Crippen LogP) is 2.08. The Kier molecular flexibility index (Phi) is 4.45. The molecule has 0 aliphatic carbocycles. The van der Waals surface area contributed by atoms with Crippen LogP contribution < -0.4 is 5.32 Å². The van der Waals surface area contributed by atoms with E-state index < -0.39 is 0 Å². The highest BCUT2D eigenvalue weighted by Gasteiger charge is 2.41. The maximum atomic E-state index is 3.74. The maximum absolute atomic E-state index is 3.74. The molecule has 0 radical (unpaired) electrons. The summed E-state index contributed by atoms with van der Waals surface area (Å²) in [6.45, 7) is 9.91. The highest BCUT2D eigenvalue weighted by atomic mass is 15.3. The number of fused-ring (bicyclic) bond motifs is 1. The van der Waals surface area contributed by atoms with Gasteiger partial charge in [-0.3, -0.25) is 9.80 Å². The van der Waals surface area contributed by atoms with Crippen LogP contribution in [0.3, 0.4) is 0 Å². The van der Waals surface area contributed by atoms with E-state index >= 15 is 0 Å². The molecule has 110 valence electrons. The van der Waals surface area contributed by atoms with E-state index in [1.54, 1.807) is 0 Å².